The molecule has 0 aliphatic carbocycles. The van der Waals surface area contributed by atoms with E-state index >= 15 is 0 Å². The van der Waals surface area contributed by atoms with Gasteiger partial charge in [-0.15, -0.1) is 0 Å². The molecule has 1 aromatic heterocycles. The van der Waals surface area contributed by atoms with Crippen molar-refractivity contribution in [1.29, 1.82) is 0 Å². The zero-order chi connectivity index (χ0) is 13.3. The average Bonchev–Trinajstić information content (AvgIpc) is 2.95. The lowest BCUT2D eigenvalue weighted by molar-refractivity contribution is -0.132. The van der Waals surface area contributed by atoms with Gasteiger partial charge in [-0.3, -0.25) is 9.59 Å². The Kier molecular flexibility index (Phi) is 3.41. The number of nitrogens with zero attached hydrogens (tertiary/aromatic N) is 3. The van der Waals surface area contributed by atoms with Crippen LogP contribution in [0.3, 0.4) is 0 Å². The molecule has 1 atom stereocenters. The first kappa shape index (κ1) is 12.7. The van der Waals surface area contributed by atoms with E-state index < -0.39 is 0 Å². The molecule has 2 rings (SSSR count). The highest BCUT2D eigenvalue weighted by Crippen LogP contribution is 2.21. The molecule has 1 unspecified atom stereocenters. The molecule has 0 radical (unpaired) electrons. The highest BCUT2D eigenvalue weighted by molar-refractivity contribution is 5.96. The van der Waals surface area contributed by atoms with Crippen LogP contribution in [-0.2, 0) is 11.8 Å². The summed E-state index contributed by atoms with van der Waals surface area (Å²) in [4.78, 5) is 27.7. The first-order valence-electron chi connectivity index (χ1n) is 6.16. The fourth-order valence-corrected chi connectivity index (χ4v) is 2.40. The molecule has 0 aromatic carbocycles. The molecule has 1 aromatic rings. The smallest absolute Gasteiger partial charge is 0.271 e. The van der Waals surface area contributed by atoms with Gasteiger partial charge in [-0.05, 0) is 25.0 Å². The second kappa shape index (κ2) is 4.84. The van der Waals surface area contributed by atoms with Gasteiger partial charge in [-0.25, -0.2) is 0 Å². The highest BCUT2D eigenvalue weighted by atomic mass is 16.2. The summed E-state index contributed by atoms with van der Waals surface area (Å²) in [6, 6.07) is 3.33. The number of aromatic nitrogens is 1. The summed E-state index contributed by atoms with van der Waals surface area (Å²) in [5.41, 5.74) is 0.633. The second-order valence-corrected chi connectivity index (χ2v) is 4.89. The van der Waals surface area contributed by atoms with Crippen molar-refractivity contribution in [2.24, 2.45) is 7.05 Å². The van der Waals surface area contributed by atoms with E-state index in [0.29, 0.717) is 12.2 Å². The lowest BCUT2D eigenvalue weighted by Gasteiger charge is -2.26. The van der Waals surface area contributed by atoms with Gasteiger partial charge in [0.15, 0.2) is 0 Å². The Bertz CT molecular complexity index is 465. The number of likely N-dealkylation sites (N-methyl/N-ethyl adjacent to an activating group) is 1. The number of carbonyl (C=O) groups is 2. The van der Waals surface area contributed by atoms with Gasteiger partial charge < -0.3 is 14.4 Å². The van der Waals surface area contributed by atoms with Crippen LogP contribution in [0.5, 0.6) is 0 Å². The minimum absolute atomic E-state index is 0.00931. The van der Waals surface area contributed by atoms with Crippen molar-refractivity contribution in [2.45, 2.75) is 18.9 Å². The zero-order valence-electron chi connectivity index (χ0n) is 11.1. The zero-order valence-corrected chi connectivity index (χ0v) is 11.1. The number of likely N-dealkylation sites (tertiary alicyclic amines) is 1. The Labute approximate surface area is 107 Å². The number of amides is 2. The van der Waals surface area contributed by atoms with Crippen LogP contribution in [-0.4, -0.2) is 52.9 Å². The van der Waals surface area contributed by atoms with Crippen molar-refractivity contribution < 1.29 is 9.59 Å². The Morgan fingerprint density at radius 2 is 2.11 bits per heavy atom. The summed E-state index contributed by atoms with van der Waals surface area (Å²) < 4.78 is 1.79. The first-order chi connectivity index (χ1) is 8.52. The normalized spacial score (nSPS) is 19.1. The molecule has 5 heteroatoms. The maximum atomic E-state index is 12.4. The molecule has 1 fully saturated rings. The Morgan fingerprint density at radius 1 is 1.39 bits per heavy atom. The van der Waals surface area contributed by atoms with Crippen molar-refractivity contribution in [3.63, 3.8) is 0 Å². The molecular weight excluding hydrogens is 230 g/mol. The summed E-state index contributed by atoms with van der Waals surface area (Å²) in [5.74, 6) is -0.0461. The first-order valence-corrected chi connectivity index (χ1v) is 6.16. The quantitative estimate of drug-likeness (QED) is 0.775. The third-order valence-electron chi connectivity index (χ3n) is 3.40. The Morgan fingerprint density at radius 3 is 2.67 bits per heavy atom. The van der Waals surface area contributed by atoms with Gasteiger partial charge in [0.1, 0.15) is 11.7 Å². The van der Waals surface area contributed by atoms with Crippen molar-refractivity contribution in [1.82, 2.24) is 14.4 Å². The summed E-state index contributed by atoms with van der Waals surface area (Å²) in [7, 11) is 5.30. The van der Waals surface area contributed by atoms with E-state index in [4.69, 9.17) is 0 Å². The van der Waals surface area contributed by atoms with Gasteiger partial charge in [-0.1, -0.05) is 0 Å². The van der Waals surface area contributed by atoms with Crippen LogP contribution in [0.2, 0.25) is 0 Å². The lowest BCUT2D eigenvalue weighted by Crippen LogP contribution is -2.45. The maximum Gasteiger partial charge on any atom is 0.271 e. The van der Waals surface area contributed by atoms with Crippen molar-refractivity contribution in [3.05, 3.63) is 24.0 Å². The van der Waals surface area contributed by atoms with Crippen LogP contribution in [0.25, 0.3) is 0 Å². The maximum absolute atomic E-state index is 12.4. The predicted molar refractivity (Wildman–Crippen MR) is 68.2 cm³/mol. The number of carbonyl (C=O) groups excluding carboxylic acids is 2. The SMILES string of the molecule is CN(C)C(=O)C1CCCN1C(=O)c1cccn1C. The third kappa shape index (κ3) is 2.12. The van der Waals surface area contributed by atoms with E-state index in [1.165, 1.54) is 0 Å². The molecule has 1 aliphatic heterocycles. The molecule has 18 heavy (non-hydrogen) atoms. The summed E-state index contributed by atoms with van der Waals surface area (Å²) in [6.45, 7) is 0.661. The molecule has 2 heterocycles. The molecule has 2 amide bonds. The van der Waals surface area contributed by atoms with Gasteiger partial charge in [0.2, 0.25) is 5.91 Å². The molecule has 98 valence electrons. The third-order valence-corrected chi connectivity index (χ3v) is 3.40. The number of hydrogen-bond acceptors (Lipinski definition) is 2. The van der Waals surface area contributed by atoms with Gasteiger partial charge in [0.05, 0.1) is 0 Å². The summed E-state index contributed by atoms with van der Waals surface area (Å²) in [6.07, 6.45) is 3.49. The van der Waals surface area contributed by atoms with E-state index in [9.17, 15) is 9.59 Å². The number of rotatable bonds is 2. The minimum atomic E-state index is -0.303. The molecule has 0 bridgehead atoms. The largest absolute Gasteiger partial charge is 0.347 e. The van der Waals surface area contributed by atoms with Gasteiger partial charge in [-0.2, -0.15) is 0 Å². The van der Waals surface area contributed by atoms with Crippen LogP contribution in [0.1, 0.15) is 23.3 Å². The predicted octanol–water partition coefficient (Wildman–Crippen LogP) is 0.718. The number of hydrogen-bond donors (Lipinski definition) is 0. The molecule has 1 saturated heterocycles. The minimum Gasteiger partial charge on any atom is -0.347 e. The standard InChI is InChI=1S/C13H19N3O2/c1-14(2)12(17)11-7-5-9-16(11)13(18)10-6-4-8-15(10)3/h4,6,8,11H,5,7,9H2,1-3H3. The summed E-state index contributed by atoms with van der Waals surface area (Å²) >= 11 is 0. The van der Waals surface area contributed by atoms with E-state index in [1.54, 1.807) is 34.5 Å². The van der Waals surface area contributed by atoms with Crippen molar-refractivity contribution >= 4 is 11.8 Å². The fraction of sp³-hybridized carbons (Fsp3) is 0.538. The molecule has 0 saturated carbocycles. The van der Waals surface area contributed by atoms with E-state index in [-0.39, 0.29) is 17.9 Å². The van der Waals surface area contributed by atoms with Gasteiger partial charge in [0.25, 0.3) is 5.91 Å². The molecule has 0 spiro atoms. The monoisotopic (exact) mass is 249 g/mol. The van der Waals surface area contributed by atoms with Crippen LogP contribution in [0.15, 0.2) is 18.3 Å². The average molecular weight is 249 g/mol. The van der Waals surface area contributed by atoms with Crippen LogP contribution >= 0.6 is 0 Å². The second-order valence-electron chi connectivity index (χ2n) is 4.89. The molecule has 5 nitrogen and oxygen atoms in total. The fourth-order valence-electron chi connectivity index (χ4n) is 2.40. The van der Waals surface area contributed by atoms with E-state index in [2.05, 4.69) is 0 Å². The molecule has 1 aliphatic rings. The number of aryl methyl sites for hydroxylation is 1. The molecule has 0 N–H and O–H groups in total. The van der Waals surface area contributed by atoms with E-state index in [1.807, 2.05) is 19.3 Å². The van der Waals surface area contributed by atoms with Crippen LogP contribution < -0.4 is 0 Å². The summed E-state index contributed by atoms with van der Waals surface area (Å²) in [5, 5.41) is 0. The van der Waals surface area contributed by atoms with Crippen molar-refractivity contribution in [2.75, 3.05) is 20.6 Å². The van der Waals surface area contributed by atoms with Gasteiger partial charge in [0, 0.05) is 33.9 Å². The van der Waals surface area contributed by atoms with Gasteiger partial charge >= 0.3 is 0 Å². The van der Waals surface area contributed by atoms with Crippen molar-refractivity contribution in [3.8, 4) is 0 Å². The highest BCUT2D eigenvalue weighted by Gasteiger charge is 2.35. The Balaban J connectivity index is 2.20. The topological polar surface area (TPSA) is 45.6 Å². The van der Waals surface area contributed by atoms with Crippen LogP contribution in [0, 0.1) is 0 Å². The molecular formula is C13H19N3O2. The lowest BCUT2D eigenvalue weighted by atomic mass is 10.2. The van der Waals surface area contributed by atoms with E-state index in [0.717, 1.165) is 12.8 Å². The Hall–Kier alpha value is -1.78. The van der Waals surface area contributed by atoms with Crippen LogP contribution in [0.4, 0.5) is 0 Å².